The van der Waals surface area contributed by atoms with Crippen molar-refractivity contribution in [1.82, 2.24) is 4.90 Å². The number of amides is 1. The molecule has 0 saturated heterocycles. The normalized spacial score (nSPS) is 23.8. The number of nitrogens with two attached hydrogens (primary N) is 1. The third-order valence-electron chi connectivity index (χ3n) is 1.42. The molecule has 0 fully saturated rings. The van der Waals surface area contributed by atoms with Crippen LogP contribution < -0.4 is 5.73 Å². The van der Waals surface area contributed by atoms with Crippen molar-refractivity contribution in [3.63, 3.8) is 0 Å². The number of hydrogen-bond donors (Lipinski definition) is 2. The van der Waals surface area contributed by atoms with Crippen LogP contribution in [0.25, 0.3) is 0 Å². The van der Waals surface area contributed by atoms with E-state index in [1.165, 1.54) is 4.90 Å². The van der Waals surface area contributed by atoms with Crippen molar-refractivity contribution in [3.05, 3.63) is 12.2 Å². The molecule has 10 heavy (non-hydrogen) atoms. The number of carbonyl (C=O) groups excluding carboxylic acids is 1. The van der Waals surface area contributed by atoms with Gasteiger partial charge in [-0.15, -0.1) is 0 Å². The van der Waals surface area contributed by atoms with Crippen LogP contribution in [-0.4, -0.2) is 35.2 Å². The minimum Gasteiger partial charge on any atom is -0.370 e. The summed E-state index contributed by atoms with van der Waals surface area (Å²) < 4.78 is 0. The summed E-state index contributed by atoms with van der Waals surface area (Å²) in [4.78, 5) is 12.1. The van der Waals surface area contributed by atoms with Crippen LogP contribution in [0.5, 0.6) is 0 Å². The molecule has 4 nitrogen and oxygen atoms in total. The van der Waals surface area contributed by atoms with Gasteiger partial charge in [-0.05, 0) is 6.08 Å². The molecule has 1 atom stereocenters. The Morgan fingerprint density at radius 3 is 3.00 bits per heavy atom. The first kappa shape index (κ1) is 7.24. The van der Waals surface area contributed by atoms with E-state index in [1.54, 1.807) is 12.2 Å². The van der Waals surface area contributed by atoms with Crippen molar-refractivity contribution in [2.45, 2.75) is 6.23 Å². The van der Waals surface area contributed by atoms with Crippen LogP contribution in [0, 0.1) is 0 Å². The number of rotatable bonds is 1. The van der Waals surface area contributed by atoms with Crippen molar-refractivity contribution in [3.8, 4) is 0 Å². The van der Waals surface area contributed by atoms with Crippen molar-refractivity contribution in [2.24, 2.45) is 5.73 Å². The molecule has 4 heteroatoms. The van der Waals surface area contributed by atoms with E-state index in [1.807, 2.05) is 0 Å². The Hall–Kier alpha value is -0.870. The summed E-state index contributed by atoms with van der Waals surface area (Å²) in [5.74, 6) is -0.225. The Labute approximate surface area is 58.9 Å². The summed E-state index contributed by atoms with van der Waals surface area (Å²) in [7, 11) is 0. The summed E-state index contributed by atoms with van der Waals surface area (Å²) in [5.41, 5.74) is 5.08. The van der Waals surface area contributed by atoms with Crippen LogP contribution in [0.2, 0.25) is 0 Å². The number of aliphatic hydroxyl groups is 1. The lowest BCUT2D eigenvalue weighted by Crippen LogP contribution is -2.39. The largest absolute Gasteiger partial charge is 0.370 e. The number of carbonyl (C=O) groups is 1. The number of aliphatic hydroxyl groups excluding tert-OH is 1. The van der Waals surface area contributed by atoms with E-state index < -0.39 is 6.23 Å². The zero-order valence-electron chi connectivity index (χ0n) is 5.53. The van der Waals surface area contributed by atoms with E-state index in [4.69, 9.17) is 10.8 Å². The van der Waals surface area contributed by atoms with E-state index in [9.17, 15) is 4.79 Å². The summed E-state index contributed by atoms with van der Waals surface area (Å²) in [6, 6.07) is 0. The van der Waals surface area contributed by atoms with E-state index >= 15 is 0 Å². The van der Waals surface area contributed by atoms with Crippen molar-refractivity contribution < 1.29 is 9.90 Å². The van der Waals surface area contributed by atoms with Gasteiger partial charge in [0, 0.05) is 6.54 Å². The fourth-order valence-electron chi connectivity index (χ4n) is 0.875. The molecule has 56 valence electrons. The second kappa shape index (κ2) is 2.81. The van der Waals surface area contributed by atoms with Gasteiger partial charge in [-0.1, -0.05) is 6.08 Å². The summed E-state index contributed by atoms with van der Waals surface area (Å²) in [6.07, 6.45) is 2.53. The maximum atomic E-state index is 10.8. The van der Waals surface area contributed by atoms with Crippen LogP contribution in [0.3, 0.4) is 0 Å². The zero-order chi connectivity index (χ0) is 7.56. The minimum absolute atomic E-state index is 0.0429. The molecular formula is C6H10N2O2. The van der Waals surface area contributed by atoms with Gasteiger partial charge < -0.3 is 15.7 Å². The third-order valence-corrected chi connectivity index (χ3v) is 1.42. The summed E-state index contributed by atoms with van der Waals surface area (Å²) >= 11 is 0. The molecule has 0 spiro atoms. The second-order valence-corrected chi connectivity index (χ2v) is 2.09. The smallest absolute Gasteiger partial charge is 0.238 e. The maximum Gasteiger partial charge on any atom is 0.238 e. The van der Waals surface area contributed by atoms with Crippen molar-refractivity contribution in [1.29, 1.82) is 0 Å². The first-order chi connectivity index (χ1) is 4.75. The number of nitrogens with zero attached hydrogens (tertiary/aromatic N) is 1. The highest BCUT2D eigenvalue weighted by Gasteiger charge is 2.20. The standard InChI is InChI=1S/C6H10N2O2/c7-4-6(10)8-3-1-2-5(8)9/h1-2,5,9H,3-4,7H2/t5-/m1/s1. The van der Waals surface area contributed by atoms with Crippen molar-refractivity contribution in [2.75, 3.05) is 13.1 Å². The average molecular weight is 142 g/mol. The fourth-order valence-corrected chi connectivity index (χ4v) is 0.875. The van der Waals surface area contributed by atoms with Gasteiger partial charge in [0.25, 0.3) is 0 Å². The highest BCUT2D eigenvalue weighted by Crippen LogP contribution is 2.05. The predicted octanol–water partition coefficient (Wildman–Crippen LogP) is -1.34. The van der Waals surface area contributed by atoms with Gasteiger partial charge in [0.15, 0.2) is 0 Å². The fraction of sp³-hybridized carbons (Fsp3) is 0.500. The molecule has 0 aromatic carbocycles. The SMILES string of the molecule is NCC(=O)N1CC=C[C@H]1O. The van der Waals surface area contributed by atoms with Crippen LogP contribution in [0.1, 0.15) is 0 Å². The Bertz CT molecular complexity index is 167. The molecule has 1 amide bonds. The summed E-state index contributed by atoms with van der Waals surface area (Å²) in [5, 5.41) is 9.05. The van der Waals surface area contributed by atoms with Gasteiger partial charge >= 0.3 is 0 Å². The lowest BCUT2D eigenvalue weighted by Gasteiger charge is -2.18. The van der Waals surface area contributed by atoms with Crippen LogP contribution in [-0.2, 0) is 4.79 Å². The van der Waals surface area contributed by atoms with Crippen LogP contribution >= 0.6 is 0 Å². The lowest BCUT2D eigenvalue weighted by molar-refractivity contribution is -0.135. The lowest BCUT2D eigenvalue weighted by atomic mass is 10.5. The molecule has 1 aliphatic rings. The highest BCUT2D eigenvalue weighted by atomic mass is 16.3. The maximum absolute atomic E-state index is 10.8. The van der Waals surface area contributed by atoms with Gasteiger partial charge in [0.2, 0.25) is 5.91 Å². The third kappa shape index (κ3) is 1.17. The molecule has 1 heterocycles. The average Bonchev–Trinajstić information content (AvgIpc) is 2.34. The van der Waals surface area contributed by atoms with E-state index in [-0.39, 0.29) is 12.5 Å². The quantitative estimate of drug-likeness (QED) is 0.445. The van der Waals surface area contributed by atoms with Gasteiger partial charge in [0.05, 0.1) is 6.54 Å². The van der Waals surface area contributed by atoms with Gasteiger partial charge in [-0.2, -0.15) is 0 Å². The van der Waals surface area contributed by atoms with E-state index in [2.05, 4.69) is 0 Å². The molecule has 0 radical (unpaired) electrons. The highest BCUT2D eigenvalue weighted by molar-refractivity contribution is 5.78. The molecule has 0 saturated carbocycles. The Balaban J connectivity index is 2.51. The predicted molar refractivity (Wildman–Crippen MR) is 35.9 cm³/mol. The van der Waals surface area contributed by atoms with E-state index in [0.29, 0.717) is 6.54 Å². The molecule has 0 aromatic heterocycles. The molecule has 0 aliphatic carbocycles. The molecule has 3 N–H and O–H groups in total. The molecule has 0 bridgehead atoms. The van der Waals surface area contributed by atoms with Crippen LogP contribution in [0.15, 0.2) is 12.2 Å². The van der Waals surface area contributed by atoms with Crippen molar-refractivity contribution >= 4 is 5.91 Å². The monoisotopic (exact) mass is 142 g/mol. The second-order valence-electron chi connectivity index (χ2n) is 2.09. The zero-order valence-corrected chi connectivity index (χ0v) is 5.53. The molecule has 0 aromatic rings. The molecule has 1 aliphatic heterocycles. The van der Waals surface area contributed by atoms with Gasteiger partial charge in [-0.25, -0.2) is 0 Å². The first-order valence-electron chi connectivity index (χ1n) is 3.10. The molecular weight excluding hydrogens is 132 g/mol. The van der Waals surface area contributed by atoms with Crippen LogP contribution in [0.4, 0.5) is 0 Å². The molecule has 1 rings (SSSR count). The van der Waals surface area contributed by atoms with Gasteiger partial charge in [-0.3, -0.25) is 4.79 Å². The Morgan fingerprint density at radius 1 is 1.90 bits per heavy atom. The minimum atomic E-state index is -0.768. The number of hydrogen-bond acceptors (Lipinski definition) is 3. The summed E-state index contributed by atoms with van der Waals surface area (Å²) in [6.45, 7) is 0.427. The van der Waals surface area contributed by atoms with Gasteiger partial charge in [0.1, 0.15) is 6.23 Å². The Morgan fingerprint density at radius 2 is 2.60 bits per heavy atom. The molecule has 0 unspecified atom stereocenters. The van der Waals surface area contributed by atoms with E-state index in [0.717, 1.165) is 0 Å². The Kier molecular flexibility index (Phi) is 2.03. The first-order valence-corrected chi connectivity index (χ1v) is 3.10. The topological polar surface area (TPSA) is 66.6 Å².